The van der Waals surface area contributed by atoms with Crippen LogP contribution in [-0.4, -0.2) is 36.1 Å². The number of rotatable bonds is 4. The van der Waals surface area contributed by atoms with Crippen molar-refractivity contribution >= 4 is 0 Å². The fourth-order valence-corrected chi connectivity index (χ4v) is 2.51. The number of piperidine rings is 1. The van der Waals surface area contributed by atoms with E-state index in [1.54, 1.807) is 0 Å². The SMILES string of the molecule is CCC1CCN(C(C)(C)C#CC#CCNC(C)C)CC1.[HH]. The zero-order valence-electron chi connectivity index (χ0n) is 13.8. The van der Waals surface area contributed by atoms with E-state index in [1.807, 2.05) is 0 Å². The van der Waals surface area contributed by atoms with Gasteiger partial charge in [0.1, 0.15) is 0 Å². The normalized spacial score (nSPS) is 17.3. The predicted molar refractivity (Wildman–Crippen MR) is 89.5 cm³/mol. The zero-order chi connectivity index (χ0) is 15.0. The summed E-state index contributed by atoms with van der Waals surface area (Å²) in [7, 11) is 0. The average molecular weight is 276 g/mol. The molecule has 2 nitrogen and oxygen atoms in total. The Hall–Kier alpha value is -0.960. The molecule has 0 unspecified atom stereocenters. The zero-order valence-corrected chi connectivity index (χ0v) is 13.8. The van der Waals surface area contributed by atoms with Gasteiger partial charge < -0.3 is 5.32 Å². The molecule has 1 N–H and O–H groups in total. The van der Waals surface area contributed by atoms with Crippen molar-refractivity contribution in [2.45, 2.75) is 65.5 Å². The van der Waals surface area contributed by atoms with E-state index in [0.29, 0.717) is 12.6 Å². The van der Waals surface area contributed by atoms with Gasteiger partial charge in [-0.2, -0.15) is 0 Å². The highest BCUT2D eigenvalue weighted by molar-refractivity contribution is 5.30. The molecule has 1 heterocycles. The first-order chi connectivity index (χ1) is 9.45. The highest BCUT2D eigenvalue weighted by Gasteiger charge is 2.28. The summed E-state index contributed by atoms with van der Waals surface area (Å²) in [4.78, 5) is 2.50. The molecule has 0 spiro atoms. The molecule has 0 aromatic rings. The summed E-state index contributed by atoms with van der Waals surface area (Å²) in [5.74, 6) is 13.3. The van der Waals surface area contributed by atoms with Crippen molar-refractivity contribution in [3.05, 3.63) is 0 Å². The van der Waals surface area contributed by atoms with Gasteiger partial charge in [0, 0.05) is 7.47 Å². The van der Waals surface area contributed by atoms with Gasteiger partial charge in [0.2, 0.25) is 0 Å². The summed E-state index contributed by atoms with van der Waals surface area (Å²) in [6.45, 7) is 14.0. The first kappa shape index (κ1) is 17.1. The van der Waals surface area contributed by atoms with E-state index < -0.39 is 0 Å². The van der Waals surface area contributed by atoms with Gasteiger partial charge in [-0.25, -0.2) is 0 Å². The van der Waals surface area contributed by atoms with Crippen LogP contribution in [-0.2, 0) is 0 Å². The van der Waals surface area contributed by atoms with Crippen molar-refractivity contribution in [2.75, 3.05) is 19.6 Å². The lowest BCUT2D eigenvalue weighted by Crippen LogP contribution is -2.47. The van der Waals surface area contributed by atoms with Gasteiger partial charge in [-0.3, -0.25) is 4.90 Å². The minimum absolute atomic E-state index is 0. The van der Waals surface area contributed by atoms with Crippen LogP contribution in [0.15, 0.2) is 0 Å². The molecule has 20 heavy (non-hydrogen) atoms. The second-order valence-electron chi connectivity index (χ2n) is 6.49. The van der Waals surface area contributed by atoms with E-state index in [-0.39, 0.29) is 6.97 Å². The predicted octanol–water partition coefficient (Wildman–Crippen LogP) is 3.14. The van der Waals surface area contributed by atoms with E-state index in [9.17, 15) is 0 Å². The summed E-state index contributed by atoms with van der Waals surface area (Å²) in [6.07, 6.45) is 3.94. The molecular weight excluding hydrogens is 244 g/mol. The van der Waals surface area contributed by atoms with Gasteiger partial charge in [-0.15, -0.1) is 0 Å². The third-order valence-electron chi connectivity index (χ3n) is 4.10. The average Bonchev–Trinajstić information content (AvgIpc) is 2.42. The minimum atomic E-state index is -0.0567. The fraction of sp³-hybridized carbons (Fsp3) is 0.778. The van der Waals surface area contributed by atoms with Gasteiger partial charge in [-0.05, 0) is 71.4 Å². The lowest BCUT2D eigenvalue weighted by atomic mass is 9.91. The number of hydrogen-bond donors (Lipinski definition) is 1. The van der Waals surface area contributed by atoms with Gasteiger partial charge >= 0.3 is 0 Å². The van der Waals surface area contributed by atoms with E-state index >= 15 is 0 Å². The lowest BCUT2D eigenvalue weighted by molar-refractivity contribution is 0.111. The van der Waals surface area contributed by atoms with Gasteiger partial charge in [-0.1, -0.05) is 25.2 Å². The largest absolute Gasteiger partial charge is 0.304 e. The second kappa shape index (κ2) is 8.35. The van der Waals surface area contributed by atoms with Crippen molar-refractivity contribution in [2.24, 2.45) is 5.92 Å². The van der Waals surface area contributed by atoms with E-state index in [1.165, 1.54) is 32.4 Å². The van der Waals surface area contributed by atoms with E-state index in [4.69, 9.17) is 0 Å². The molecule has 1 aliphatic rings. The quantitative estimate of drug-likeness (QED) is 0.794. The monoisotopic (exact) mass is 276 g/mol. The Bertz CT molecular complexity index is 398. The molecule has 0 aromatic carbocycles. The van der Waals surface area contributed by atoms with Crippen LogP contribution in [0, 0.1) is 29.6 Å². The summed E-state index contributed by atoms with van der Waals surface area (Å²) in [6, 6.07) is 0.480. The van der Waals surface area contributed by atoms with Crippen LogP contribution in [0.25, 0.3) is 0 Å². The van der Waals surface area contributed by atoms with Crippen LogP contribution in [0.3, 0.4) is 0 Å². The molecule has 0 aromatic heterocycles. The fourth-order valence-electron chi connectivity index (χ4n) is 2.51. The Kier molecular flexibility index (Phi) is 7.14. The molecule has 2 heteroatoms. The smallest absolute Gasteiger partial charge is 0.0779 e. The van der Waals surface area contributed by atoms with Crippen LogP contribution in [0.1, 0.15) is 55.3 Å². The van der Waals surface area contributed by atoms with Crippen molar-refractivity contribution in [1.29, 1.82) is 0 Å². The Balaban J connectivity index is 0.00000400. The summed E-state index contributed by atoms with van der Waals surface area (Å²) in [5.41, 5.74) is -0.0567. The molecule has 0 saturated carbocycles. The molecule has 1 fully saturated rings. The third kappa shape index (κ3) is 6.00. The Morgan fingerprint density at radius 2 is 1.90 bits per heavy atom. The molecule has 0 amide bonds. The molecule has 1 saturated heterocycles. The van der Waals surface area contributed by atoms with E-state index in [0.717, 1.165) is 5.92 Å². The first-order valence-corrected chi connectivity index (χ1v) is 7.94. The highest BCUT2D eigenvalue weighted by Crippen LogP contribution is 2.25. The van der Waals surface area contributed by atoms with Crippen LogP contribution < -0.4 is 5.32 Å². The molecule has 1 rings (SSSR count). The standard InChI is InChI=1S/C18H30N2.H2/c1-6-17-10-14-20(15-11-17)18(4,5)12-8-7-9-13-19-16(2)3;/h16-17,19H,6,10-11,13-15H2,1-5H3;1H. The van der Waals surface area contributed by atoms with Crippen LogP contribution in [0.4, 0.5) is 0 Å². The van der Waals surface area contributed by atoms with Crippen LogP contribution >= 0.6 is 0 Å². The van der Waals surface area contributed by atoms with Gasteiger partial charge in [0.05, 0.1) is 12.1 Å². The lowest BCUT2D eigenvalue weighted by Gasteiger charge is -2.39. The molecule has 1 aliphatic heterocycles. The highest BCUT2D eigenvalue weighted by atomic mass is 15.2. The second-order valence-corrected chi connectivity index (χ2v) is 6.49. The summed E-state index contributed by atoms with van der Waals surface area (Å²) >= 11 is 0. The van der Waals surface area contributed by atoms with Crippen molar-refractivity contribution < 1.29 is 1.43 Å². The minimum Gasteiger partial charge on any atom is -0.304 e. The maximum atomic E-state index is 3.32. The number of nitrogens with one attached hydrogen (secondary N) is 1. The molecule has 0 radical (unpaired) electrons. The first-order valence-electron chi connectivity index (χ1n) is 7.94. The Labute approximate surface area is 127 Å². The third-order valence-corrected chi connectivity index (χ3v) is 4.10. The van der Waals surface area contributed by atoms with Crippen LogP contribution in [0.5, 0.6) is 0 Å². The molecular formula is C18H32N2. The van der Waals surface area contributed by atoms with Crippen LogP contribution in [0.2, 0.25) is 0 Å². The van der Waals surface area contributed by atoms with Gasteiger partial charge in [0.15, 0.2) is 0 Å². The number of hydrogen-bond acceptors (Lipinski definition) is 2. The maximum Gasteiger partial charge on any atom is 0.0779 e. The summed E-state index contributed by atoms with van der Waals surface area (Å²) in [5, 5.41) is 3.27. The van der Waals surface area contributed by atoms with Crippen molar-refractivity contribution in [1.82, 2.24) is 10.2 Å². The van der Waals surface area contributed by atoms with Crippen molar-refractivity contribution in [3.63, 3.8) is 0 Å². The Morgan fingerprint density at radius 1 is 1.25 bits per heavy atom. The van der Waals surface area contributed by atoms with Crippen molar-refractivity contribution in [3.8, 4) is 23.7 Å². The topological polar surface area (TPSA) is 15.3 Å². The summed E-state index contributed by atoms with van der Waals surface area (Å²) < 4.78 is 0. The maximum absolute atomic E-state index is 3.32. The molecule has 0 atom stereocenters. The molecule has 114 valence electrons. The number of nitrogens with zero attached hydrogens (tertiary/aromatic N) is 1. The number of likely N-dealkylation sites (tertiary alicyclic amines) is 1. The van der Waals surface area contributed by atoms with Gasteiger partial charge in [0.25, 0.3) is 0 Å². The molecule has 0 bridgehead atoms. The Morgan fingerprint density at radius 3 is 2.45 bits per heavy atom. The van der Waals surface area contributed by atoms with E-state index in [2.05, 4.69) is 68.5 Å². The molecule has 0 aliphatic carbocycles.